The Morgan fingerprint density at radius 3 is 2.44 bits per heavy atom. The molecule has 0 aromatic heterocycles. The summed E-state index contributed by atoms with van der Waals surface area (Å²) in [6, 6.07) is 20.5. The SMILES string of the molecule is O=C(NCc1ccc(F)c(Cl)c1)C1SCCN1S(=O)(=O)c1ccc(-c2ccccc2)cc1. The first-order chi connectivity index (χ1) is 15.4. The molecule has 4 rings (SSSR count). The lowest BCUT2D eigenvalue weighted by Gasteiger charge is -2.22. The van der Waals surface area contributed by atoms with Gasteiger partial charge in [-0.25, -0.2) is 12.8 Å². The van der Waals surface area contributed by atoms with Gasteiger partial charge in [0.1, 0.15) is 11.2 Å². The molecule has 1 fully saturated rings. The minimum Gasteiger partial charge on any atom is -0.350 e. The number of rotatable bonds is 6. The summed E-state index contributed by atoms with van der Waals surface area (Å²) in [5.41, 5.74) is 2.53. The maximum Gasteiger partial charge on any atom is 0.249 e. The molecule has 1 amide bonds. The summed E-state index contributed by atoms with van der Waals surface area (Å²) in [6.45, 7) is 0.365. The average Bonchev–Trinajstić information content (AvgIpc) is 3.31. The van der Waals surface area contributed by atoms with Crippen LogP contribution in [0.2, 0.25) is 5.02 Å². The molecule has 1 aliphatic rings. The number of halogens is 2. The Morgan fingerprint density at radius 1 is 1.06 bits per heavy atom. The smallest absolute Gasteiger partial charge is 0.249 e. The van der Waals surface area contributed by atoms with E-state index in [4.69, 9.17) is 11.6 Å². The molecule has 5 nitrogen and oxygen atoms in total. The van der Waals surface area contributed by atoms with Crippen molar-refractivity contribution in [2.45, 2.75) is 16.8 Å². The first-order valence-corrected chi connectivity index (χ1v) is 12.7. The lowest BCUT2D eigenvalue weighted by Crippen LogP contribution is -2.44. The predicted molar refractivity (Wildman–Crippen MR) is 125 cm³/mol. The Labute approximate surface area is 195 Å². The van der Waals surface area contributed by atoms with Crippen molar-refractivity contribution in [2.24, 2.45) is 0 Å². The molecule has 3 aromatic carbocycles. The lowest BCUT2D eigenvalue weighted by atomic mass is 10.1. The monoisotopic (exact) mass is 490 g/mol. The van der Waals surface area contributed by atoms with Gasteiger partial charge in [0.25, 0.3) is 0 Å². The van der Waals surface area contributed by atoms with Gasteiger partial charge in [0.05, 0.1) is 9.92 Å². The van der Waals surface area contributed by atoms with Gasteiger partial charge >= 0.3 is 0 Å². The van der Waals surface area contributed by atoms with E-state index in [0.717, 1.165) is 11.1 Å². The third-order valence-electron chi connectivity index (χ3n) is 5.09. The first-order valence-electron chi connectivity index (χ1n) is 9.87. The van der Waals surface area contributed by atoms with Gasteiger partial charge in [-0.05, 0) is 41.0 Å². The van der Waals surface area contributed by atoms with E-state index in [0.29, 0.717) is 11.3 Å². The van der Waals surface area contributed by atoms with Crippen LogP contribution < -0.4 is 5.32 Å². The minimum atomic E-state index is -3.85. The number of hydrogen-bond donors (Lipinski definition) is 1. The molecule has 0 bridgehead atoms. The lowest BCUT2D eigenvalue weighted by molar-refractivity contribution is -0.122. The summed E-state index contributed by atoms with van der Waals surface area (Å²) in [6.07, 6.45) is 0. The summed E-state index contributed by atoms with van der Waals surface area (Å²) in [5.74, 6) is -0.442. The Balaban J connectivity index is 1.47. The molecule has 166 valence electrons. The van der Waals surface area contributed by atoms with Crippen LogP contribution in [0.5, 0.6) is 0 Å². The van der Waals surface area contributed by atoms with E-state index >= 15 is 0 Å². The highest BCUT2D eigenvalue weighted by molar-refractivity contribution is 8.02. The number of thioether (sulfide) groups is 1. The molecule has 1 atom stereocenters. The number of sulfonamides is 1. The van der Waals surface area contributed by atoms with Crippen LogP contribution in [0.1, 0.15) is 5.56 Å². The Bertz CT molecular complexity index is 1220. The number of amides is 1. The number of carbonyl (C=O) groups excluding carboxylic acids is 1. The van der Waals surface area contributed by atoms with Gasteiger partial charge in [0, 0.05) is 18.8 Å². The average molecular weight is 491 g/mol. The molecule has 1 heterocycles. The van der Waals surface area contributed by atoms with Crippen molar-refractivity contribution in [1.29, 1.82) is 0 Å². The Hall–Kier alpha value is -2.39. The predicted octanol–water partition coefficient (Wildman–Crippen LogP) is 4.53. The van der Waals surface area contributed by atoms with Crippen LogP contribution in [0.4, 0.5) is 4.39 Å². The summed E-state index contributed by atoms with van der Waals surface area (Å²) < 4.78 is 41.0. The van der Waals surface area contributed by atoms with Gasteiger partial charge in [0.15, 0.2) is 0 Å². The van der Waals surface area contributed by atoms with Gasteiger partial charge in [-0.15, -0.1) is 11.8 Å². The van der Waals surface area contributed by atoms with Crippen molar-refractivity contribution in [3.05, 3.63) is 89.2 Å². The molecular formula is C23H20ClFN2O3S2. The molecule has 9 heteroatoms. The molecule has 1 aliphatic heterocycles. The van der Waals surface area contributed by atoms with E-state index in [2.05, 4.69) is 5.32 Å². The van der Waals surface area contributed by atoms with Crippen molar-refractivity contribution in [3.63, 3.8) is 0 Å². The standard InChI is InChI=1S/C23H20ClFN2O3S2/c24-20-14-16(6-11-21(20)25)15-26-22(28)23-27(12-13-31-23)32(29,30)19-9-7-18(8-10-19)17-4-2-1-3-5-17/h1-11,14,23H,12-13,15H2,(H,26,28). The Kier molecular flexibility index (Phi) is 6.85. The van der Waals surface area contributed by atoms with E-state index in [1.165, 1.54) is 34.3 Å². The molecule has 0 spiro atoms. The number of carbonyl (C=O) groups is 1. The van der Waals surface area contributed by atoms with Gasteiger partial charge in [-0.1, -0.05) is 60.1 Å². The maximum absolute atomic E-state index is 13.3. The van der Waals surface area contributed by atoms with E-state index in [9.17, 15) is 17.6 Å². The van der Waals surface area contributed by atoms with Crippen LogP contribution in [0.3, 0.4) is 0 Å². The van der Waals surface area contributed by atoms with E-state index in [1.807, 2.05) is 30.3 Å². The molecule has 1 unspecified atom stereocenters. The molecule has 32 heavy (non-hydrogen) atoms. The highest BCUT2D eigenvalue weighted by Gasteiger charge is 2.40. The number of nitrogens with zero attached hydrogens (tertiary/aromatic N) is 1. The molecular weight excluding hydrogens is 471 g/mol. The molecule has 0 radical (unpaired) electrons. The number of hydrogen-bond acceptors (Lipinski definition) is 4. The van der Waals surface area contributed by atoms with E-state index < -0.39 is 27.1 Å². The number of benzene rings is 3. The van der Waals surface area contributed by atoms with Crippen molar-refractivity contribution >= 4 is 39.3 Å². The zero-order valence-corrected chi connectivity index (χ0v) is 19.3. The van der Waals surface area contributed by atoms with Gasteiger partial charge in [0.2, 0.25) is 15.9 Å². The van der Waals surface area contributed by atoms with Gasteiger partial charge in [-0.2, -0.15) is 4.31 Å². The van der Waals surface area contributed by atoms with Crippen LogP contribution in [0.25, 0.3) is 11.1 Å². The highest BCUT2D eigenvalue weighted by atomic mass is 35.5. The fourth-order valence-corrected chi connectivity index (χ4v) is 6.72. The number of nitrogens with one attached hydrogen (secondary N) is 1. The van der Waals surface area contributed by atoms with Gasteiger partial charge in [-0.3, -0.25) is 4.79 Å². The van der Waals surface area contributed by atoms with Crippen LogP contribution >= 0.6 is 23.4 Å². The quantitative estimate of drug-likeness (QED) is 0.551. The summed E-state index contributed by atoms with van der Waals surface area (Å²) in [5, 5.41) is 1.82. The van der Waals surface area contributed by atoms with Crippen molar-refractivity contribution < 1.29 is 17.6 Å². The Morgan fingerprint density at radius 2 is 1.75 bits per heavy atom. The first kappa shape index (κ1) is 22.8. The van der Waals surface area contributed by atoms with Crippen LogP contribution in [-0.4, -0.2) is 36.3 Å². The third kappa shape index (κ3) is 4.83. The highest BCUT2D eigenvalue weighted by Crippen LogP contribution is 2.31. The van der Waals surface area contributed by atoms with Crippen molar-refractivity contribution in [2.75, 3.05) is 12.3 Å². The fraction of sp³-hybridized carbons (Fsp3) is 0.174. The van der Waals surface area contributed by atoms with Gasteiger partial charge < -0.3 is 5.32 Å². The van der Waals surface area contributed by atoms with Crippen molar-refractivity contribution in [1.82, 2.24) is 9.62 Å². The van der Waals surface area contributed by atoms with Crippen LogP contribution in [0, 0.1) is 5.82 Å². The topological polar surface area (TPSA) is 66.5 Å². The largest absolute Gasteiger partial charge is 0.350 e. The van der Waals surface area contributed by atoms with Crippen LogP contribution in [-0.2, 0) is 21.4 Å². The van der Waals surface area contributed by atoms with Crippen LogP contribution in [0.15, 0.2) is 77.7 Å². The third-order valence-corrected chi connectivity index (χ3v) is 8.60. The molecule has 1 N–H and O–H groups in total. The molecule has 1 saturated heterocycles. The molecule has 0 saturated carbocycles. The zero-order chi connectivity index (χ0) is 22.7. The summed E-state index contributed by atoms with van der Waals surface area (Å²) in [7, 11) is -3.85. The zero-order valence-electron chi connectivity index (χ0n) is 16.9. The normalized spacial score (nSPS) is 16.8. The van der Waals surface area contributed by atoms with E-state index in [-0.39, 0.29) is 23.0 Å². The summed E-state index contributed by atoms with van der Waals surface area (Å²) in [4.78, 5) is 12.9. The second-order valence-corrected chi connectivity index (χ2v) is 10.7. The molecule has 3 aromatic rings. The molecule has 0 aliphatic carbocycles. The second kappa shape index (κ2) is 9.62. The minimum absolute atomic E-state index is 0.0323. The summed E-state index contributed by atoms with van der Waals surface area (Å²) >= 11 is 7.05. The maximum atomic E-state index is 13.3. The van der Waals surface area contributed by atoms with E-state index in [1.54, 1.807) is 24.3 Å². The van der Waals surface area contributed by atoms with Crippen molar-refractivity contribution in [3.8, 4) is 11.1 Å². The fourth-order valence-electron chi connectivity index (χ4n) is 3.42. The second-order valence-electron chi connectivity index (χ2n) is 7.20.